The molecule has 0 spiro atoms. The van der Waals surface area contributed by atoms with E-state index in [1.807, 2.05) is 34.9 Å². The normalized spacial score (nSPS) is 10.6. The molecule has 0 saturated carbocycles. The summed E-state index contributed by atoms with van der Waals surface area (Å²) in [6, 6.07) is 20.8. The standard InChI is InChI=1S/C25H21ClN4O5S/c1-34-18-8-10-19(11-9-18)35-14-22-28-29-25(30(22)17-5-3-2-4-6-17)36-15-23(31)27-21-13-16(24(32)33)7-12-20(21)26/h2-13H,14-15H2,1H3,(H,27,31)(H,32,33). The SMILES string of the molecule is COc1ccc(OCc2nnc(SCC(=O)Nc3cc(C(=O)O)ccc3Cl)n2-c2ccccc2)cc1. The number of aromatic carboxylic acids is 1. The topological polar surface area (TPSA) is 116 Å². The van der Waals surface area contributed by atoms with Crippen LogP contribution in [0.4, 0.5) is 5.69 Å². The highest BCUT2D eigenvalue weighted by molar-refractivity contribution is 7.99. The summed E-state index contributed by atoms with van der Waals surface area (Å²) in [6.45, 7) is 0.151. The maximum atomic E-state index is 12.6. The number of rotatable bonds is 10. The lowest BCUT2D eigenvalue weighted by molar-refractivity contribution is -0.113. The molecule has 0 aliphatic rings. The van der Waals surface area contributed by atoms with Gasteiger partial charge in [0.05, 0.1) is 29.1 Å². The molecule has 0 fully saturated rings. The molecule has 36 heavy (non-hydrogen) atoms. The number of para-hydroxylation sites is 1. The molecule has 1 amide bonds. The minimum Gasteiger partial charge on any atom is -0.497 e. The number of benzene rings is 3. The first kappa shape index (κ1) is 25.1. The molecule has 0 atom stereocenters. The fraction of sp³-hybridized carbons (Fsp3) is 0.120. The number of carboxylic acids is 1. The van der Waals surface area contributed by atoms with Crippen molar-refractivity contribution in [2.45, 2.75) is 11.8 Å². The molecule has 1 heterocycles. The average molecular weight is 525 g/mol. The van der Waals surface area contributed by atoms with Crippen LogP contribution in [0.25, 0.3) is 5.69 Å². The van der Waals surface area contributed by atoms with Gasteiger partial charge in [0, 0.05) is 5.69 Å². The number of ether oxygens (including phenoxy) is 2. The number of nitrogens with zero attached hydrogens (tertiary/aromatic N) is 3. The van der Waals surface area contributed by atoms with E-state index in [9.17, 15) is 14.7 Å². The van der Waals surface area contributed by atoms with Gasteiger partial charge in [0.1, 0.15) is 18.1 Å². The van der Waals surface area contributed by atoms with Crippen LogP contribution in [0.2, 0.25) is 5.02 Å². The lowest BCUT2D eigenvalue weighted by Gasteiger charge is -2.12. The van der Waals surface area contributed by atoms with Gasteiger partial charge in [-0.05, 0) is 54.6 Å². The van der Waals surface area contributed by atoms with Crippen LogP contribution in [0.15, 0.2) is 78.0 Å². The molecule has 0 bridgehead atoms. The third-order valence-corrected chi connectivity index (χ3v) is 6.22. The Balaban J connectivity index is 1.48. The van der Waals surface area contributed by atoms with Gasteiger partial charge in [0.2, 0.25) is 5.91 Å². The smallest absolute Gasteiger partial charge is 0.335 e. The van der Waals surface area contributed by atoms with Crippen molar-refractivity contribution in [2.75, 3.05) is 18.2 Å². The Bertz CT molecular complexity index is 1360. The molecule has 11 heteroatoms. The van der Waals surface area contributed by atoms with E-state index in [1.165, 1.54) is 30.0 Å². The Morgan fingerprint density at radius 1 is 1.03 bits per heavy atom. The number of thioether (sulfide) groups is 1. The molecule has 4 rings (SSSR count). The van der Waals surface area contributed by atoms with Gasteiger partial charge in [-0.3, -0.25) is 9.36 Å². The molecule has 0 radical (unpaired) electrons. The lowest BCUT2D eigenvalue weighted by Crippen LogP contribution is -2.15. The molecule has 0 unspecified atom stereocenters. The van der Waals surface area contributed by atoms with Gasteiger partial charge in [-0.25, -0.2) is 4.79 Å². The van der Waals surface area contributed by atoms with E-state index >= 15 is 0 Å². The molecule has 4 aromatic rings. The summed E-state index contributed by atoms with van der Waals surface area (Å²) < 4.78 is 12.9. The van der Waals surface area contributed by atoms with Crippen LogP contribution in [0.1, 0.15) is 16.2 Å². The van der Waals surface area contributed by atoms with Crippen LogP contribution >= 0.6 is 23.4 Å². The molecule has 0 aliphatic heterocycles. The predicted molar refractivity (Wildman–Crippen MR) is 136 cm³/mol. The number of anilines is 1. The molecule has 2 N–H and O–H groups in total. The van der Waals surface area contributed by atoms with Crippen molar-refractivity contribution in [3.8, 4) is 17.2 Å². The third kappa shape index (κ3) is 6.15. The number of hydrogen-bond donors (Lipinski definition) is 2. The monoisotopic (exact) mass is 524 g/mol. The summed E-state index contributed by atoms with van der Waals surface area (Å²) in [6.07, 6.45) is 0. The average Bonchev–Trinajstić information content (AvgIpc) is 3.31. The highest BCUT2D eigenvalue weighted by Crippen LogP contribution is 2.26. The van der Waals surface area contributed by atoms with Crippen LogP contribution in [0.5, 0.6) is 11.5 Å². The van der Waals surface area contributed by atoms with Crippen LogP contribution in [-0.4, -0.2) is 44.6 Å². The number of halogens is 1. The van der Waals surface area contributed by atoms with Gasteiger partial charge < -0.3 is 19.9 Å². The summed E-state index contributed by atoms with van der Waals surface area (Å²) in [5, 5.41) is 21.1. The van der Waals surface area contributed by atoms with Crippen molar-refractivity contribution in [3.63, 3.8) is 0 Å². The van der Waals surface area contributed by atoms with Gasteiger partial charge in [-0.2, -0.15) is 0 Å². The Morgan fingerprint density at radius 2 is 1.75 bits per heavy atom. The predicted octanol–water partition coefficient (Wildman–Crippen LogP) is 4.94. The number of carbonyl (C=O) groups excluding carboxylic acids is 1. The highest BCUT2D eigenvalue weighted by Gasteiger charge is 2.17. The highest BCUT2D eigenvalue weighted by atomic mass is 35.5. The fourth-order valence-corrected chi connectivity index (χ4v) is 4.15. The van der Waals surface area contributed by atoms with E-state index in [-0.39, 0.29) is 34.5 Å². The summed E-state index contributed by atoms with van der Waals surface area (Å²) in [4.78, 5) is 23.8. The van der Waals surface area contributed by atoms with Gasteiger partial charge in [0.25, 0.3) is 0 Å². The van der Waals surface area contributed by atoms with E-state index in [0.29, 0.717) is 16.7 Å². The molecule has 0 aliphatic carbocycles. The van der Waals surface area contributed by atoms with Crippen molar-refractivity contribution in [1.29, 1.82) is 0 Å². The van der Waals surface area contributed by atoms with Crippen LogP contribution in [-0.2, 0) is 11.4 Å². The quantitative estimate of drug-likeness (QED) is 0.280. The van der Waals surface area contributed by atoms with Crippen molar-refractivity contribution in [2.24, 2.45) is 0 Å². The molecule has 9 nitrogen and oxygen atoms in total. The van der Waals surface area contributed by atoms with Gasteiger partial charge in [-0.15, -0.1) is 10.2 Å². The number of amides is 1. The Hall–Kier alpha value is -4.02. The third-order valence-electron chi connectivity index (χ3n) is 4.96. The maximum Gasteiger partial charge on any atom is 0.335 e. The minimum absolute atomic E-state index is 0.00205. The number of aromatic nitrogens is 3. The summed E-state index contributed by atoms with van der Waals surface area (Å²) in [5.41, 5.74) is 1.06. The van der Waals surface area contributed by atoms with Crippen molar-refractivity contribution >= 4 is 40.9 Å². The van der Waals surface area contributed by atoms with E-state index in [0.717, 1.165) is 11.4 Å². The lowest BCUT2D eigenvalue weighted by atomic mass is 10.2. The van der Waals surface area contributed by atoms with Crippen molar-refractivity contribution in [3.05, 3.63) is 89.2 Å². The number of carbonyl (C=O) groups is 2. The van der Waals surface area contributed by atoms with Crippen LogP contribution < -0.4 is 14.8 Å². The largest absolute Gasteiger partial charge is 0.497 e. The number of carboxylic acid groups (broad SMARTS) is 1. The number of methoxy groups -OCH3 is 1. The van der Waals surface area contributed by atoms with Gasteiger partial charge >= 0.3 is 5.97 Å². The van der Waals surface area contributed by atoms with Gasteiger partial charge in [-0.1, -0.05) is 41.6 Å². The molecule has 184 valence electrons. The van der Waals surface area contributed by atoms with E-state index < -0.39 is 5.97 Å². The molecule has 1 aromatic heterocycles. The number of hydrogen-bond acceptors (Lipinski definition) is 7. The Kier molecular flexibility index (Phi) is 8.09. The molecular weight excluding hydrogens is 504 g/mol. The van der Waals surface area contributed by atoms with Crippen molar-refractivity contribution < 1.29 is 24.2 Å². The van der Waals surface area contributed by atoms with Gasteiger partial charge in [0.15, 0.2) is 11.0 Å². The first-order valence-corrected chi connectivity index (χ1v) is 12.0. The second-order valence-corrected chi connectivity index (χ2v) is 8.72. The molecule has 3 aromatic carbocycles. The minimum atomic E-state index is -1.11. The maximum absolute atomic E-state index is 12.6. The van der Waals surface area contributed by atoms with E-state index in [2.05, 4.69) is 15.5 Å². The zero-order valence-corrected chi connectivity index (χ0v) is 20.6. The summed E-state index contributed by atoms with van der Waals surface area (Å²) in [7, 11) is 1.60. The fourth-order valence-electron chi connectivity index (χ4n) is 3.21. The second kappa shape index (κ2) is 11.6. The number of nitrogens with one attached hydrogen (secondary N) is 1. The van der Waals surface area contributed by atoms with Crippen molar-refractivity contribution in [1.82, 2.24) is 14.8 Å². The first-order chi connectivity index (χ1) is 17.4. The molecular formula is C25H21ClN4O5S. The zero-order chi connectivity index (χ0) is 25.5. The second-order valence-electron chi connectivity index (χ2n) is 7.37. The van der Waals surface area contributed by atoms with Crippen LogP contribution in [0, 0.1) is 0 Å². The summed E-state index contributed by atoms with van der Waals surface area (Å²) in [5.74, 6) is 0.435. The van der Waals surface area contributed by atoms with E-state index in [4.69, 9.17) is 21.1 Å². The van der Waals surface area contributed by atoms with E-state index in [1.54, 1.807) is 31.4 Å². The molecule has 0 saturated heterocycles. The Labute approximate surface area is 216 Å². The zero-order valence-electron chi connectivity index (χ0n) is 19.1. The summed E-state index contributed by atoms with van der Waals surface area (Å²) >= 11 is 7.29. The van der Waals surface area contributed by atoms with Crippen LogP contribution in [0.3, 0.4) is 0 Å². The first-order valence-electron chi connectivity index (χ1n) is 10.7. The Morgan fingerprint density at radius 3 is 2.44 bits per heavy atom.